The van der Waals surface area contributed by atoms with Crippen molar-refractivity contribution in [1.29, 1.82) is 0 Å². The Balaban J connectivity index is 2.15. The molecule has 3 atom stereocenters. The van der Waals surface area contributed by atoms with E-state index in [-0.39, 0.29) is 12.2 Å². The molecule has 2 rings (SSSR count). The minimum atomic E-state index is 0.119. The molecule has 0 aliphatic carbocycles. The summed E-state index contributed by atoms with van der Waals surface area (Å²) in [5, 5.41) is 4.29. The molecule has 1 aromatic carbocycles. The van der Waals surface area contributed by atoms with Crippen molar-refractivity contribution in [3.05, 3.63) is 34.9 Å². The summed E-state index contributed by atoms with van der Waals surface area (Å²) in [6.07, 6.45) is 0.403. The van der Waals surface area contributed by atoms with Gasteiger partial charge in [-0.15, -0.1) is 0 Å². The van der Waals surface area contributed by atoms with E-state index in [4.69, 9.17) is 16.3 Å². The van der Waals surface area contributed by atoms with Crippen LogP contribution in [0.2, 0.25) is 5.02 Å². The third kappa shape index (κ3) is 3.01. The monoisotopic (exact) mass is 253 g/mol. The highest BCUT2D eigenvalue weighted by atomic mass is 35.5. The fourth-order valence-electron chi connectivity index (χ4n) is 2.18. The number of ether oxygens (including phenoxy) is 1. The number of nitrogens with one attached hydrogen (secondary N) is 1. The quantitative estimate of drug-likeness (QED) is 0.872. The van der Waals surface area contributed by atoms with Crippen LogP contribution in [0.25, 0.3) is 0 Å². The second-order valence-electron chi connectivity index (χ2n) is 5.09. The van der Waals surface area contributed by atoms with Crippen LogP contribution in [0.1, 0.15) is 32.4 Å². The Morgan fingerprint density at radius 3 is 2.53 bits per heavy atom. The molecule has 0 aromatic heterocycles. The van der Waals surface area contributed by atoms with Crippen molar-refractivity contribution in [1.82, 2.24) is 5.32 Å². The summed E-state index contributed by atoms with van der Waals surface area (Å²) in [5.41, 5.74) is 1.19. The molecule has 1 N–H and O–H groups in total. The van der Waals surface area contributed by atoms with Crippen molar-refractivity contribution in [3.8, 4) is 0 Å². The summed E-state index contributed by atoms with van der Waals surface area (Å²) in [6.45, 7) is 7.49. The van der Waals surface area contributed by atoms with E-state index in [1.54, 1.807) is 0 Å². The minimum absolute atomic E-state index is 0.119. The fourth-order valence-corrected chi connectivity index (χ4v) is 2.30. The average Bonchev–Trinajstić information content (AvgIpc) is 2.31. The topological polar surface area (TPSA) is 21.3 Å². The maximum absolute atomic E-state index is 6.18. The van der Waals surface area contributed by atoms with Crippen molar-refractivity contribution in [2.24, 2.45) is 5.92 Å². The molecule has 1 fully saturated rings. The van der Waals surface area contributed by atoms with E-state index < -0.39 is 0 Å². The predicted molar refractivity (Wildman–Crippen MR) is 71.4 cm³/mol. The van der Waals surface area contributed by atoms with Crippen molar-refractivity contribution in [2.45, 2.75) is 39.0 Å². The van der Waals surface area contributed by atoms with Gasteiger partial charge in [0.25, 0.3) is 0 Å². The van der Waals surface area contributed by atoms with Crippen LogP contribution in [0.4, 0.5) is 0 Å². The van der Waals surface area contributed by atoms with E-state index in [0.717, 1.165) is 11.6 Å². The number of rotatable bonds is 2. The third-order valence-electron chi connectivity index (χ3n) is 3.36. The van der Waals surface area contributed by atoms with Crippen molar-refractivity contribution >= 4 is 11.6 Å². The van der Waals surface area contributed by atoms with E-state index in [9.17, 15) is 0 Å². The molecule has 3 heteroatoms. The summed E-state index contributed by atoms with van der Waals surface area (Å²) in [4.78, 5) is 0. The minimum Gasteiger partial charge on any atom is -0.367 e. The lowest BCUT2D eigenvalue weighted by Crippen LogP contribution is -2.48. The van der Waals surface area contributed by atoms with E-state index in [0.29, 0.717) is 12.0 Å². The summed E-state index contributed by atoms with van der Waals surface area (Å²) in [6, 6.07) is 8.28. The molecular formula is C14H20ClNO. The van der Waals surface area contributed by atoms with Crippen molar-refractivity contribution < 1.29 is 4.74 Å². The van der Waals surface area contributed by atoms with Crippen LogP contribution in [-0.2, 0) is 4.74 Å². The smallest absolute Gasteiger partial charge is 0.0979 e. The summed E-state index contributed by atoms with van der Waals surface area (Å²) >= 11 is 5.91. The molecule has 17 heavy (non-hydrogen) atoms. The Morgan fingerprint density at radius 2 is 1.94 bits per heavy atom. The highest BCUT2D eigenvalue weighted by Gasteiger charge is 2.30. The molecule has 2 nitrogen and oxygen atoms in total. The zero-order chi connectivity index (χ0) is 12.4. The molecule has 0 amide bonds. The lowest BCUT2D eigenvalue weighted by atomic mass is 9.98. The van der Waals surface area contributed by atoms with Gasteiger partial charge in [-0.1, -0.05) is 37.6 Å². The van der Waals surface area contributed by atoms with Gasteiger partial charge in [0, 0.05) is 17.6 Å². The van der Waals surface area contributed by atoms with Crippen molar-refractivity contribution in [3.63, 3.8) is 0 Å². The Hall–Kier alpha value is -0.570. The molecule has 0 saturated carbocycles. The van der Waals surface area contributed by atoms with Crippen LogP contribution in [0.3, 0.4) is 0 Å². The molecule has 1 aliphatic heterocycles. The van der Waals surface area contributed by atoms with E-state index in [1.165, 1.54) is 5.56 Å². The number of morpholine rings is 1. The Labute approximate surface area is 108 Å². The average molecular weight is 254 g/mol. The van der Waals surface area contributed by atoms with Gasteiger partial charge in [0.05, 0.1) is 12.2 Å². The van der Waals surface area contributed by atoms with Gasteiger partial charge >= 0.3 is 0 Å². The maximum atomic E-state index is 6.18. The molecule has 1 aromatic rings. The largest absolute Gasteiger partial charge is 0.367 e. The number of hydrogen-bond donors (Lipinski definition) is 1. The summed E-state index contributed by atoms with van der Waals surface area (Å²) < 4.78 is 6.18. The van der Waals surface area contributed by atoms with Gasteiger partial charge in [0.15, 0.2) is 0 Å². The first-order valence-electron chi connectivity index (χ1n) is 6.22. The molecule has 1 aliphatic rings. The normalized spacial score (nSPS) is 29.6. The van der Waals surface area contributed by atoms with Crippen LogP contribution in [-0.4, -0.2) is 18.7 Å². The van der Waals surface area contributed by atoms with Gasteiger partial charge in [-0.25, -0.2) is 0 Å². The Bertz CT molecular complexity index is 363. The second kappa shape index (κ2) is 5.38. The molecule has 0 spiro atoms. The Morgan fingerprint density at radius 1 is 1.29 bits per heavy atom. The highest BCUT2D eigenvalue weighted by Crippen LogP contribution is 2.29. The molecule has 1 saturated heterocycles. The number of benzene rings is 1. The van der Waals surface area contributed by atoms with Crippen LogP contribution in [0, 0.1) is 5.92 Å². The van der Waals surface area contributed by atoms with Crippen LogP contribution in [0.5, 0.6) is 0 Å². The van der Waals surface area contributed by atoms with Crippen LogP contribution < -0.4 is 5.32 Å². The van der Waals surface area contributed by atoms with Crippen LogP contribution in [0.15, 0.2) is 24.3 Å². The van der Waals surface area contributed by atoms with Gasteiger partial charge in [-0.3, -0.25) is 0 Å². The van der Waals surface area contributed by atoms with Gasteiger partial charge in [-0.05, 0) is 30.5 Å². The molecular weight excluding hydrogens is 234 g/mol. The van der Waals surface area contributed by atoms with Crippen LogP contribution >= 0.6 is 11.6 Å². The standard InChI is InChI=1S/C14H20ClNO/c1-9(2)13-8-16-10(3)14(17-13)11-4-6-12(15)7-5-11/h4-7,9-10,13-14,16H,8H2,1-3H3. The van der Waals surface area contributed by atoms with Gasteiger partial charge in [0.2, 0.25) is 0 Å². The molecule has 0 radical (unpaired) electrons. The van der Waals surface area contributed by atoms with Gasteiger partial charge < -0.3 is 10.1 Å². The third-order valence-corrected chi connectivity index (χ3v) is 3.61. The molecule has 94 valence electrons. The number of hydrogen-bond acceptors (Lipinski definition) is 2. The summed E-state index contributed by atoms with van der Waals surface area (Å²) in [7, 11) is 0. The fraction of sp³-hybridized carbons (Fsp3) is 0.571. The zero-order valence-corrected chi connectivity index (χ0v) is 11.4. The molecule has 3 unspecified atom stereocenters. The summed E-state index contributed by atoms with van der Waals surface area (Å²) in [5.74, 6) is 0.532. The van der Waals surface area contributed by atoms with E-state index in [2.05, 4.69) is 26.1 Å². The lowest BCUT2D eigenvalue weighted by molar-refractivity contribution is -0.0806. The lowest BCUT2D eigenvalue weighted by Gasteiger charge is -2.38. The predicted octanol–water partition coefficient (Wildman–Crippen LogP) is 3.41. The zero-order valence-electron chi connectivity index (χ0n) is 10.6. The van der Waals surface area contributed by atoms with Gasteiger partial charge in [-0.2, -0.15) is 0 Å². The molecule has 0 bridgehead atoms. The maximum Gasteiger partial charge on any atom is 0.0979 e. The second-order valence-corrected chi connectivity index (χ2v) is 5.52. The highest BCUT2D eigenvalue weighted by molar-refractivity contribution is 6.30. The first kappa shape index (κ1) is 12.9. The SMILES string of the molecule is CC(C)C1CNC(C)C(c2ccc(Cl)cc2)O1. The van der Waals surface area contributed by atoms with E-state index >= 15 is 0 Å². The van der Waals surface area contributed by atoms with Gasteiger partial charge in [0.1, 0.15) is 0 Å². The first-order valence-corrected chi connectivity index (χ1v) is 6.60. The molecule has 1 heterocycles. The van der Waals surface area contributed by atoms with E-state index in [1.807, 2.05) is 24.3 Å². The Kier molecular flexibility index (Phi) is 4.08. The van der Waals surface area contributed by atoms with Crippen molar-refractivity contribution in [2.75, 3.05) is 6.54 Å². The first-order chi connectivity index (χ1) is 8.08. The number of halogens is 1.